The highest BCUT2D eigenvalue weighted by atomic mass is 32.2. The normalized spacial score (nSPS) is 19.1. The zero-order valence-corrected chi connectivity index (χ0v) is 14.5. The second kappa shape index (κ2) is 6.99. The molecule has 0 radical (unpaired) electrons. The van der Waals surface area contributed by atoms with Crippen LogP contribution >= 0.6 is 0 Å². The van der Waals surface area contributed by atoms with Crippen molar-refractivity contribution in [1.29, 1.82) is 0 Å². The summed E-state index contributed by atoms with van der Waals surface area (Å²) in [5.41, 5.74) is 0.768. The van der Waals surface area contributed by atoms with Gasteiger partial charge in [-0.1, -0.05) is 31.4 Å². The van der Waals surface area contributed by atoms with Gasteiger partial charge >= 0.3 is 0 Å². The van der Waals surface area contributed by atoms with Crippen molar-refractivity contribution in [3.05, 3.63) is 35.6 Å². The molecule has 1 amide bonds. The highest BCUT2D eigenvalue weighted by molar-refractivity contribution is 7.92. The van der Waals surface area contributed by atoms with Gasteiger partial charge in [-0.05, 0) is 37.5 Å². The number of carbonyl (C=O) groups is 1. The number of rotatable bonds is 5. The van der Waals surface area contributed by atoms with Crippen LogP contribution in [-0.2, 0) is 20.0 Å². The SMILES string of the molecule is C[C@@H](C(=O)NCC1(c2ccc(F)cc2)CCCCC1)S(C)(=O)=O. The Morgan fingerprint density at radius 3 is 2.30 bits per heavy atom. The van der Waals surface area contributed by atoms with Crippen LogP contribution in [0.3, 0.4) is 0 Å². The van der Waals surface area contributed by atoms with Gasteiger partial charge in [0.15, 0.2) is 9.84 Å². The lowest BCUT2D eigenvalue weighted by molar-refractivity contribution is -0.120. The van der Waals surface area contributed by atoms with Crippen molar-refractivity contribution >= 4 is 15.7 Å². The van der Waals surface area contributed by atoms with Crippen LogP contribution in [0, 0.1) is 5.82 Å². The van der Waals surface area contributed by atoms with Crippen LogP contribution in [-0.4, -0.2) is 32.4 Å². The van der Waals surface area contributed by atoms with Crippen molar-refractivity contribution in [3.8, 4) is 0 Å². The van der Waals surface area contributed by atoms with Gasteiger partial charge < -0.3 is 5.32 Å². The fourth-order valence-corrected chi connectivity index (χ4v) is 3.67. The maximum atomic E-state index is 13.2. The summed E-state index contributed by atoms with van der Waals surface area (Å²) >= 11 is 0. The number of amides is 1. The highest BCUT2D eigenvalue weighted by Gasteiger charge is 2.35. The van der Waals surface area contributed by atoms with Gasteiger partial charge in [0, 0.05) is 18.2 Å². The molecule has 4 nitrogen and oxygen atoms in total. The van der Waals surface area contributed by atoms with E-state index in [-0.39, 0.29) is 11.2 Å². The molecular weight excluding hydrogens is 317 g/mol. The van der Waals surface area contributed by atoms with Gasteiger partial charge in [-0.2, -0.15) is 0 Å². The summed E-state index contributed by atoms with van der Waals surface area (Å²) in [5, 5.41) is 1.74. The summed E-state index contributed by atoms with van der Waals surface area (Å²) in [4.78, 5) is 12.1. The predicted molar refractivity (Wildman–Crippen MR) is 88.5 cm³/mol. The average molecular weight is 341 g/mol. The van der Waals surface area contributed by atoms with E-state index in [0.29, 0.717) is 6.54 Å². The highest BCUT2D eigenvalue weighted by Crippen LogP contribution is 2.39. The molecule has 0 spiro atoms. The number of hydrogen-bond donors (Lipinski definition) is 1. The molecule has 128 valence electrons. The molecule has 1 N–H and O–H groups in total. The van der Waals surface area contributed by atoms with E-state index in [1.54, 1.807) is 12.1 Å². The Hall–Kier alpha value is -1.43. The minimum absolute atomic E-state index is 0.237. The average Bonchev–Trinajstić information content (AvgIpc) is 2.52. The summed E-state index contributed by atoms with van der Waals surface area (Å²) in [6.45, 7) is 1.79. The number of sulfone groups is 1. The van der Waals surface area contributed by atoms with E-state index in [1.807, 2.05) is 0 Å². The van der Waals surface area contributed by atoms with Crippen LogP contribution in [0.15, 0.2) is 24.3 Å². The molecule has 0 unspecified atom stereocenters. The number of nitrogens with one attached hydrogen (secondary N) is 1. The van der Waals surface area contributed by atoms with Crippen LogP contribution in [0.25, 0.3) is 0 Å². The summed E-state index contributed by atoms with van der Waals surface area (Å²) in [7, 11) is -3.41. The van der Waals surface area contributed by atoms with Crippen molar-refractivity contribution in [2.24, 2.45) is 0 Å². The molecule has 1 atom stereocenters. The van der Waals surface area contributed by atoms with Gasteiger partial charge in [-0.25, -0.2) is 12.8 Å². The van der Waals surface area contributed by atoms with Gasteiger partial charge in [-0.3, -0.25) is 4.79 Å². The maximum absolute atomic E-state index is 13.2. The van der Waals surface area contributed by atoms with E-state index in [2.05, 4.69) is 5.32 Å². The summed E-state index contributed by atoms with van der Waals surface area (Å²) in [6.07, 6.45) is 6.13. The van der Waals surface area contributed by atoms with Crippen LogP contribution < -0.4 is 5.32 Å². The van der Waals surface area contributed by atoms with Crippen molar-refractivity contribution in [3.63, 3.8) is 0 Å². The molecule has 1 aliphatic rings. The fourth-order valence-electron chi connectivity index (χ4n) is 3.19. The zero-order chi connectivity index (χ0) is 17.1. The minimum Gasteiger partial charge on any atom is -0.354 e. The molecule has 1 aliphatic carbocycles. The van der Waals surface area contributed by atoms with E-state index < -0.39 is 21.0 Å². The Morgan fingerprint density at radius 1 is 1.22 bits per heavy atom. The van der Waals surface area contributed by atoms with Gasteiger partial charge in [0.25, 0.3) is 0 Å². The quantitative estimate of drug-likeness (QED) is 0.895. The molecule has 0 aromatic heterocycles. The smallest absolute Gasteiger partial charge is 0.238 e. The van der Waals surface area contributed by atoms with Crippen LogP contribution in [0.1, 0.15) is 44.6 Å². The fraction of sp³-hybridized carbons (Fsp3) is 0.588. The lowest BCUT2D eigenvalue weighted by Gasteiger charge is -2.38. The van der Waals surface area contributed by atoms with Crippen molar-refractivity contribution in [1.82, 2.24) is 5.32 Å². The van der Waals surface area contributed by atoms with Crippen LogP contribution in [0.5, 0.6) is 0 Å². The number of carbonyl (C=O) groups excluding carboxylic acids is 1. The summed E-state index contributed by atoms with van der Waals surface area (Å²) in [5.74, 6) is -0.756. The van der Waals surface area contributed by atoms with Gasteiger partial charge in [-0.15, -0.1) is 0 Å². The van der Waals surface area contributed by atoms with E-state index in [0.717, 1.165) is 43.9 Å². The second-order valence-corrected chi connectivity index (χ2v) is 8.90. The number of halogens is 1. The third-order valence-corrected chi connectivity index (χ3v) is 6.38. The molecule has 1 fully saturated rings. The molecule has 23 heavy (non-hydrogen) atoms. The van der Waals surface area contributed by atoms with Gasteiger partial charge in [0.05, 0.1) is 0 Å². The largest absolute Gasteiger partial charge is 0.354 e. The monoisotopic (exact) mass is 341 g/mol. The molecule has 1 aromatic rings. The summed E-state index contributed by atoms with van der Waals surface area (Å²) < 4.78 is 36.2. The molecular formula is C17H24FNO3S. The van der Waals surface area contributed by atoms with Gasteiger partial charge in [0.1, 0.15) is 11.1 Å². The lowest BCUT2D eigenvalue weighted by atomic mass is 9.69. The van der Waals surface area contributed by atoms with Crippen LogP contribution in [0.2, 0.25) is 0 Å². The Bertz CT molecular complexity index is 649. The Labute approximate surface area is 137 Å². The van der Waals surface area contributed by atoms with Crippen molar-refractivity contribution in [2.75, 3.05) is 12.8 Å². The molecule has 0 aliphatic heterocycles. The van der Waals surface area contributed by atoms with Gasteiger partial charge in [0.2, 0.25) is 5.91 Å². The third kappa shape index (κ3) is 4.31. The number of hydrogen-bond acceptors (Lipinski definition) is 3. The molecule has 0 heterocycles. The predicted octanol–water partition coefficient (Wildman–Crippen LogP) is 2.58. The van der Waals surface area contributed by atoms with E-state index in [1.165, 1.54) is 19.1 Å². The molecule has 6 heteroatoms. The molecule has 1 aromatic carbocycles. The third-order valence-electron chi connectivity index (χ3n) is 4.88. The van der Waals surface area contributed by atoms with Crippen LogP contribution in [0.4, 0.5) is 4.39 Å². The second-order valence-electron chi connectivity index (χ2n) is 6.54. The zero-order valence-electron chi connectivity index (χ0n) is 13.6. The molecule has 0 saturated heterocycles. The first-order valence-electron chi connectivity index (χ1n) is 7.97. The lowest BCUT2D eigenvalue weighted by Crippen LogP contribution is -2.46. The summed E-state index contributed by atoms with van der Waals surface area (Å²) in [6, 6.07) is 6.42. The topological polar surface area (TPSA) is 63.2 Å². The van der Waals surface area contributed by atoms with Crippen molar-refractivity contribution in [2.45, 2.75) is 49.7 Å². The maximum Gasteiger partial charge on any atom is 0.238 e. The van der Waals surface area contributed by atoms with E-state index >= 15 is 0 Å². The molecule has 2 rings (SSSR count). The van der Waals surface area contributed by atoms with Crippen molar-refractivity contribution < 1.29 is 17.6 Å². The number of benzene rings is 1. The molecule has 0 bridgehead atoms. The standard InChI is InChI=1S/C17H24FNO3S/c1-13(23(2,21)22)16(20)19-12-17(10-4-3-5-11-17)14-6-8-15(18)9-7-14/h6-9,13H,3-5,10-12H2,1-2H3,(H,19,20)/t13-/m0/s1. The van der Waals surface area contributed by atoms with E-state index in [4.69, 9.17) is 0 Å². The molecule has 1 saturated carbocycles. The Balaban J connectivity index is 2.16. The van der Waals surface area contributed by atoms with E-state index in [9.17, 15) is 17.6 Å². The Morgan fingerprint density at radius 2 is 1.78 bits per heavy atom. The Kier molecular flexibility index (Phi) is 5.45. The first-order valence-corrected chi connectivity index (χ1v) is 9.93. The minimum atomic E-state index is -3.41. The first kappa shape index (κ1) is 17.9. The first-order chi connectivity index (χ1) is 10.7.